The zero-order valence-corrected chi connectivity index (χ0v) is 11.3. The Hall–Kier alpha value is -1.57. The summed E-state index contributed by atoms with van der Waals surface area (Å²) in [5, 5.41) is 2.74. The number of halogens is 3. The number of nitrogens with two attached hydrogens (primary N) is 1. The molecule has 0 spiro atoms. The zero-order valence-electron chi connectivity index (χ0n) is 10.5. The van der Waals surface area contributed by atoms with E-state index in [1.807, 2.05) is 16.3 Å². The molecule has 108 valence electrons. The van der Waals surface area contributed by atoms with Crippen molar-refractivity contribution in [2.75, 3.05) is 23.7 Å². The van der Waals surface area contributed by atoms with Gasteiger partial charge in [0.2, 0.25) is 5.95 Å². The number of nitrogens with zero attached hydrogens (tertiary/aromatic N) is 3. The number of aromatic nitrogens is 2. The van der Waals surface area contributed by atoms with Crippen LogP contribution in [0.3, 0.4) is 0 Å². The molecule has 0 amide bonds. The summed E-state index contributed by atoms with van der Waals surface area (Å²) in [5.74, 6) is -0.404. The fourth-order valence-corrected chi connectivity index (χ4v) is 3.28. The molecule has 0 unspecified atom stereocenters. The van der Waals surface area contributed by atoms with Crippen molar-refractivity contribution in [1.29, 1.82) is 0 Å². The maximum Gasteiger partial charge on any atom is 0.391 e. The van der Waals surface area contributed by atoms with Gasteiger partial charge in [-0.3, -0.25) is 0 Å². The summed E-state index contributed by atoms with van der Waals surface area (Å²) in [5.41, 5.74) is 5.66. The van der Waals surface area contributed by atoms with Crippen LogP contribution in [0.4, 0.5) is 24.9 Å². The molecule has 0 bridgehead atoms. The van der Waals surface area contributed by atoms with E-state index in [2.05, 4.69) is 9.97 Å². The second kappa shape index (κ2) is 4.76. The third-order valence-corrected chi connectivity index (χ3v) is 4.39. The van der Waals surface area contributed by atoms with Crippen LogP contribution < -0.4 is 10.6 Å². The second-order valence-corrected chi connectivity index (χ2v) is 5.74. The van der Waals surface area contributed by atoms with E-state index in [1.165, 1.54) is 11.3 Å². The van der Waals surface area contributed by atoms with Gasteiger partial charge >= 0.3 is 6.18 Å². The Morgan fingerprint density at radius 1 is 1.25 bits per heavy atom. The molecule has 0 radical (unpaired) electrons. The van der Waals surface area contributed by atoms with Crippen LogP contribution in [0, 0.1) is 5.92 Å². The lowest BCUT2D eigenvalue weighted by molar-refractivity contribution is -0.179. The van der Waals surface area contributed by atoms with Crippen LogP contribution in [0.25, 0.3) is 10.2 Å². The SMILES string of the molecule is Nc1nc(N2CCC(C(F)(F)F)CC2)c2ccsc2n1. The standard InChI is InChI=1S/C12H13F3N4S/c13-12(14,15)7-1-4-19(5-2-7)9-8-3-6-20-10(8)18-11(16)17-9/h3,6-7H,1-2,4-5H2,(H2,16,17,18). The predicted molar refractivity (Wildman–Crippen MR) is 72.8 cm³/mol. The van der Waals surface area contributed by atoms with E-state index in [9.17, 15) is 13.2 Å². The van der Waals surface area contributed by atoms with E-state index in [0.29, 0.717) is 18.9 Å². The fourth-order valence-electron chi connectivity index (χ4n) is 2.52. The van der Waals surface area contributed by atoms with E-state index >= 15 is 0 Å². The molecule has 1 saturated heterocycles. The molecule has 3 rings (SSSR count). The maximum absolute atomic E-state index is 12.7. The summed E-state index contributed by atoms with van der Waals surface area (Å²) in [6, 6.07) is 1.88. The molecular formula is C12H13F3N4S. The Kier molecular flexibility index (Phi) is 3.19. The van der Waals surface area contributed by atoms with Crippen molar-refractivity contribution < 1.29 is 13.2 Å². The van der Waals surface area contributed by atoms with Crippen LogP contribution in [0.15, 0.2) is 11.4 Å². The average Bonchev–Trinajstić information content (AvgIpc) is 2.85. The lowest BCUT2D eigenvalue weighted by Gasteiger charge is -2.33. The highest BCUT2D eigenvalue weighted by Crippen LogP contribution is 2.37. The summed E-state index contributed by atoms with van der Waals surface area (Å²) >= 11 is 1.45. The van der Waals surface area contributed by atoms with Crippen LogP contribution in [0.1, 0.15) is 12.8 Å². The van der Waals surface area contributed by atoms with Crippen LogP contribution in [0.2, 0.25) is 0 Å². The van der Waals surface area contributed by atoms with Gasteiger partial charge in [-0.1, -0.05) is 0 Å². The second-order valence-electron chi connectivity index (χ2n) is 4.85. The Morgan fingerprint density at radius 3 is 2.60 bits per heavy atom. The van der Waals surface area contributed by atoms with Crippen LogP contribution in [0.5, 0.6) is 0 Å². The molecular weight excluding hydrogens is 289 g/mol. The third kappa shape index (κ3) is 2.39. The highest BCUT2D eigenvalue weighted by Gasteiger charge is 2.41. The first-order valence-corrected chi connectivity index (χ1v) is 7.15. The molecule has 4 nitrogen and oxygen atoms in total. The maximum atomic E-state index is 12.7. The largest absolute Gasteiger partial charge is 0.391 e. The molecule has 2 aromatic heterocycles. The van der Waals surface area contributed by atoms with Gasteiger partial charge in [0.05, 0.1) is 11.3 Å². The molecule has 3 heterocycles. The third-order valence-electron chi connectivity index (χ3n) is 3.58. The van der Waals surface area contributed by atoms with E-state index in [0.717, 1.165) is 10.2 Å². The molecule has 0 aromatic carbocycles. The number of alkyl halides is 3. The predicted octanol–water partition coefficient (Wildman–Crippen LogP) is 3.05. The monoisotopic (exact) mass is 302 g/mol. The van der Waals surface area contributed by atoms with Crippen molar-refractivity contribution in [3.63, 3.8) is 0 Å². The molecule has 0 saturated carbocycles. The van der Waals surface area contributed by atoms with Crippen molar-refractivity contribution in [3.05, 3.63) is 11.4 Å². The number of hydrogen-bond acceptors (Lipinski definition) is 5. The zero-order chi connectivity index (χ0) is 14.3. The first kappa shape index (κ1) is 13.4. The Bertz CT molecular complexity index is 617. The normalized spacial score (nSPS) is 17.9. The summed E-state index contributed by atoms with van der Waals surface area (Å²) < 4.78 is 38.0. The summed E-state index contributed by atoms with van der Waals surface area (Å²) in [6.07, 6.45) is -3.91. The molecule has 1 aliphatic rings. The van der Waals surface area contributed by atoms with Crippen molar-refractivity contribution in [1.82, 2.24) is 9.97 Å². The smallest absolute Gasteiger partial charge is 0.368 e. The van der Waals surface area contributed by atoms with E-state index in [1.54, 1.807) is 0 Å². The highest BCUT2D eigenvalue weighted by atomic mass is 32.1. The molecule has 1 aliphatic heterocycles. The number of thiophene rings is 1. The number of anilines is 2. The number of hydrogen-bond donors (Lipinski definition) is 1. The van der Waals surface area contributed by atoms with Gasteiger partial charge in [0, 0.05) is 13.1 Å². The van der Waals surface area contributed by atoms with Gasteiger partial charge in [-0.25, -0.2) is 4.98 Å². The Labute approximate surface area is 117 Å². The number of nitrogen functional groups attached to an aromatic ring is 1. The summed E-state index contributed by atoms with van der Waals surface area (Å²) in [4.78, 5) is 11.0. The van der Waals surface area contributed by atoms with Crippen LogP contribution in [-0.4, -0.2) is 29.2 Å². The number of piperidine rings is 1. The quantitative estimate of drug-likeness (QED) is 0.879. The Morgan fingerprint density at radius 2 is 1.95 bits per heavy atom. The van der Waals surface area contributed by atoms with E-state index in [4.69, 9.17) is 5.73 Å². The van der Waals surface area contributed by atoms with E-state index in [-0.39, 0.29) is 18.8 Å². The van der Waals surface area contributed by atoms with E-state index < -0.39 is 12.1 Å². The molecule has 2 N–H and O–H groups in total. The first-order chi connectivity index (χ1) is 9.45. The van der Waals surface area contributed by atoms with Gasteiger partial charge in [-0.15, -0.1) is 11.3 Å². The van der Waals surface area contributed by atoms with Gasteiger partial charge in [-0.2, -0.15) is 18.2 Å². The molecule has 20 heavy (non-hydrogen) atoms. The molecule has 1 fully saturated rings. The topological polar surface area (TPSA) is 55.0 Å². The Balaban J connectivity index is 1.85. The summed E-state index contributed by atoms with van der Waals surface area (Å²) in [6.45, 7) is 0.678. The van der Waals surface area contributed by atoms with Gasteiger partial charge in [0.15, 0.2) is 0 Å². The van der Waals surface area contributed by atoms with Crippen LogP contribution in [-0.2, 0) is 0 Å². The number of fused-ring (bicyclic) bond motifs is 1. The molecule has 8 heteroatoms. The van der Waals surface area contributed by atoms with Gasteiger partial charge in [-0.05, 0) is 24.3 Å². The molecule has 0 atom stereocenters. The van der Waals surface area contributed by atoms with Gasteiger partial charge in [0.25, 0.3) is 0 Å². The van der Waals surface area contributed by atoms with Gasteiger partial charge in [0.1, 0.15) is 10.6 Å². The van der Waals surface area contributed by atoms with Crippen molar-refractivity contribution >= 4 is 33.3 Å². The van der Waals surface area contributed by atoms with Crippen molar-refractivity contribution in [2.24, 2.45) is 5.92 Å². The highest BCUT2D eigenvalue weighted by molar-refractivity contribution is 7.16. The summed E-state index contributed by atoms with van der Waals surface area (Å²) in [7, 11) is 0. The average molecular weight is 302 g/mol. The van der Waals surface area contributed by atoms with Crippen LogP contribution >= 0.6 is 11.3 Å². The minimum absolute atomic E-state index is 0.0963. The molecule has 0 aliphatic carbocycles. The minimum Gasteiger partial charge on any atom is -0.368 e. The fraction of sp³-hybridized carbons (Fsp3) is 0.500. The van der Waals surface area contributed by atoms with Crippen molar-refractivity contribution in [3.8, 4) is 0 Å². The minimum atomic E-state index is -4.10. The van der Waals surface area contributed by atoms with Gasteiger partial charge < -0.3 is 10.6 Å². The number of rotatable bonds is 1. The lowest BCUT2D eigenvalue weighted by Crippen LogP contribution is -2.39. The van der Waals surface area contributed by atoms with Crippen molar-refractivity contribution in [2.45, 2.75) is 19.0 Å². The molecule has 2 aromatic rings. The first-order valence-electron chi connectivity index (χ1n) is 6.27. The lowest BCUT2D eigenvalue weighted by atomic mass is 9.96.